The Balaban J connectivity index is 0.00000110. The summed E-state index contributed by atoms with van der Waals surface area (Å²) in [6, 6.07) is 8.17. The molecule has 3 rings (SSSR count). The smallest absolute Gasteiger partial charge is 0.241 e. The first-order chi connectivity index (χ1) is 9.33. The van der Waals surface area contributed by atoms with Gasteiger partial charge in [-0.05, 0) is 50.4 Å². The topological polar surface area (TPSA) is 44.4 Å². The molecule has 2 heterocycles. The average molecular weight is 332 g/mol. The van der Waals surface area contributed by atoms with E-state index in [0.717, 1.165) is 38.2 Å². The van der Waals surface area contributed by atoms with Crippen molar-refractivity contribution >= 4 is 42.1 Å². The molecule has 0 spiro atoms. The van der Waals surface area contributed by atoms with Gasteiger partial charge in [0.1, 0.15) is 0 Å². The van der Waals surface area contributed by atoms with Crippen molar-refractivity contribution in [1.82, 2.24) is 5.32 Å². The number of hydrogen-bond acceptors (Lipinski definition) is 3. The second-order valence-electron chi connectivity index (χ2n) is 5.38. The van der Waals surface area contributed by atoms with Crippen molar-refractivity contribution in [2.45, 2.75) is 31.7 Å². The average Bonchev–Trinajstić information content (AvgIpc) is 3.13. The molecule has 2 aliphatic heterocycles. The molecule has 2 N–H and O–H groups in total. The lowest BCUT2D eigenvalue weighted by Gasteiger charge is -2.19. The first-order valence-corrected chi connectivity index (χ1v) is 7.22. The Bertz CT molecular complexity index is 458. The Morgan fingerprint density at radius 2 is 1.95 bits per heavy atom. The summed E-state index contributed by atoms with van der Waals surface area (Å²) < 4.78 is 0. The first kappa shape index (κ1) is 18.1. The maximum atomic E-state index is 12.1. The third-order valence-electron chi connectivity index (χ3n) is 3.96. The fourth-order valence-corrected chi connectivity index (χ4v) is 2.89. The van der Waals surface area contributed by atoms with E-state index < -0.39 is 0 Å². The zero-order chi connectivity index (χ0) is 13.1. The third-order valence-corrected chi connectivity index (χ3v) is 3.96. The standard InChI is InChI=1S/C15H21N3O.2ClH/c19-15(14-7-4-8-16-14)17-12-5-3-6-13(11-12)18-9-1-2-10-18;;/h3,5-6,11,14,16H,1-2,4,7-10H2,(H,17,19);2*1H/t14-;;/m0../s1. The van der Waals surface area contributed by atoms with Crippen LogP contribution in [-0.2, 0) is 4.79 Å². The van der Waals surface area contributed by atoms with Gasteiger partial charge in [-0.2, -0.15) is 0 Å². The van der Waals surface area contributed by atoms with E-state index >= 15 is 0 Å². The molecule has 6 heteroatoms. The Labute approximate surface area is 138 Å². The van der Waals surface area contributed by atoms with Gasteiger partial charge in [-0.1, -0.05) is 6.07 Å². The van der Waals surface area contributed by atoms with E-state index in [0.29, 0.717) is 0 Å². The zero-order valence-corrected chi connectivity index (χ0v) is 13.6. The number of benzene rings is 1. The molecule has 0 aromatic heterocycles. The minimum atomic E-state index is -0.0181. The molecule has 0 saturated carbocycles. The number of carbonyl (C=O) groups excluding carboxylic acids is 1. The zero-order valence-electron chi connectivity index (χ0n) is 12.0. The molecule has 2 saturated heterocycles. The quantitative estimate of drug-likeness (QED) is 0.895. The van der Waals surface area contributed by atoms with Crippen molar-refractivity contribution in [1.29, 1.82) is 0 Å². The van der Waals surface area contributed by atoms with Gasteiger partial charge in [0.05, 0.1) is 6.04 Å². The van der Waals surface area contributed by atoms with Crippen molar-refractivity contribution in [3.8, 4) is 0 Å². The van der Waals surface area contributed by atoms with E-state index in [4.69, 9.17) is 0 Å². The molecule has 0 radical (unpaired) electrons. The van der Waals surface area contributed by atoms with Crippen LogP contribution in [0.2, 0.25) is 0 Å². The molecule has 4 nitrogen and oxygen atoms in total. The Morgan fingerprint density at radius 1 is 1.19 bits per heavy atom. The minimum Gasteiger partial charge on any atom is -0.371 e. The van der Waals surface area contributed by atoms with Gasteiger partial charge in [-0.3, -0.25) is 4.79 Å². The maximum absolute atomic E-state index is 12.1. The molecule has 1 aromatic carbocycles. The number of nitrogens with one attached hydrogen (secondary N) is 2. The number of halogens is 2. The summed E-state index contributed by atoms with van der Waals surface area (Å²) >= 11 is 0. The van der Waals surface area contributed by atoms with Crippen molar-refractivity contribution < 1.29 is 4.79 Å². The van der Waals surface area contributed by atoms with E-state index in [1.54, 1.807) is 0 Å². The van der Waals surface area contributed by atoms with Crippen LogP contribution in [0.3, 0.4) is 0 Å². The van der Waals surface area contributed by atoms with E-state index in [9.17, 15) is 4.79 Å². The highest BCUT2D eigenvalue weighted by atomic mass is 35.5. The van der Waals surface area contributed by atoms with Crippen LogP contribution in [-0.4, -0.2) is 31.6 Å². The highest BCUT2D eigenvalue weighted by molar-refractivity contribution is 5.95. The van der Waals surface area contributed by atoms with E-state index in [1.807, 2.05) is 12.1 Å². The molecular formula is C15H23Cl2N3O. The van der Waals surface area contributed by atoms with E-state index in [-0.39, 0.29) is 36.8 Å². The van der Waals surface area contributed by atoms with Gasteiger partial charge < -0.3 is 15.5 Å². The highest BCUT2D eigenvalue weighted by Crippen LogP contribution is 2.23. The molecular weight excluding hydrogens is 309 g/mol. The van der Waals surface area contributed by atoms with Crippen LogP contribution in [0.25, 0.3) is 0 Å². The lowest BCUT2D eigenvalue weighted by atomic mass is 10.2. The summed E-state index contributed by atoms with van der Waals surface area (Å²) in [5.74, 6) is 0.0936. The van der Waals surface area contributed by atoms with Gasteiger partial charge in [0, 0.05) is 24.5 Å². The molecule has 1 atom stereocenters. The fraction of sp³-hybridized carbons (Fsp3) is 0.533. The molecule has 118 valence electrons. The lowest BCUT2D eigenvalue weighted by molar-refractivity contribution is -0.117. The number of carbonyl (C=O) groups is 1. The van der Waals surface area contributed by atoms with Crippen LogP contribution < -0.4 is 15.5 Å². The van der Waals surface area contributed by atoms with Crippen LogP contribution in [0.4, 0.5) is 11.4 Å². The molecule has 21 heavy (non-hydrogen) atoms. The maximum Gasteiger partial charge on any atom is 0.241 e. The number of nitrogens with zero attached hydrogens (tertiary/aromatic N) is 1. The van der Waals surface area contributed by atoms with Gasteiger partial charge in [0.15, 0.2) is 0 Å². The monoisotopic (exact) mass is 331 g/mol. The number of amides is 1. The van der Waals surface area contributed by atoms with Gasteiger partial charge in [-0.25, -0.2) is 0 Å². The largest absolute Gasteiger partial charge is 0.371 e. The summed E-state index contributed by atoms with van der Waals surface area (Å²) in [5, 5.41) is 6.24. The summed E-state index contributed by atoms with van der Waals surface area (Å²) in [7, 11) is 0. The summed E-state index contributed by atoms with van der Waals surface area (Å²) in [6.07, 6.45) is 4.56. The molecule has 1 aromatic rings. The molecule has 1 amide bonds. The van der Waals surface area contributed by atoms with Crippen molar-refractivity contribution in [3.05, 3.63) is 24.3 Å². The van der Waals surface area contributed by atoms with E-state index in [2.05, 4.69) is 27.7 Å². The molecule has 2 aliphatic rings. The normalized spacial score (nSPS) is 20.6. The molecule has 0 bridgehead atoms. The van der Waals surface area contributed by atoms with Gasteiger partial charge >= 0.3 is 0 Å². The van der Waals surface area contributed by atoms with Crippen molar-refractivity contribution in [3.63, 3.8) is 0 Å². The number of rotatable bonds is 3. The number of hydrogen-bond donors (Lipinski definition) is 2. The third kappa shape index (κ3) is 4.50. The predicted molar refractivity (Wildman–Crippen MR) is 92.0 cm³/mol. The molecule has 0 unspecified atom stereocenters. The SMILES string of the molecule is Cl.Cl.O=C(Nc1cccc(N2CCCC2)c1)[C@@H]1CCCN1. The lowest BCUT2D eigenvalue weighted by Crippen LogP contribution is -2.35. The van der Waals surface area contributed by atoms with E-state index in [1.165, 1.54) is 18.5 Å². The van der Waals surface area contributed by atoms with Crippen LogP contribution in [0.5, 0.6) is 0 Å². The molecule has 0 aliphatic carbocycles. The van der Waals surface area contributed by atoms with Gasteiger partial charge in [0.25, 0.3) is 0 Å². The van der Waals surface area contributed by atoms with Crippen LogP contribution in [0, 0.1) is 0 Å². The van der Waals surface area contributed by atoms with Crippen molar-refractivity contribution in [2.24, 2.45) is 0 Å². The highest BCUT2D eigenvalue weighted by Gasteiger charge is 2.22. The Hall–Kier alpha value is -0.970. The predicted octanol–water partition coefficient (Wildman–Crippen LogP) is 2.82. The number of anilines is 2. The minimum absolute atomic E-state index is 0. The van der Waals surface area contributed by atoms with Gasteiger partial charge in [0.2, 0.25) is 5.91 Å². The molecule has 2 fully saturated rings. The van der Waals surface area contributed by atoms with Crippen LogP contribution in [0.1, 0.15) is 25.7 Å². The fourth-order valence-electron chi connectivity index (χ4n) is 2.89. The summed E-state index contributed by atoms with van der Waals surface area (Å²) in [6.45, 7) is 3.20. The van der Waals surface area contributed by atoms with Crippen molar-refractivity contribution in [2.75, 3.05) is 29.9 Å². The van der Waals surface area contributed by atoms with Gasteiger partial charge in [-0.15, -0.1) is 24.8 Å². The Kier molecular flexibility index (Phi) is 7.29. The first-order valence-electron chi connectivity index (χ1n) is 7.22. The second kappa shape index (κ2) is 8.47. The summed E-state index contributed by atoms with van der Waals surface area (Å²) in [4.78, 5) is 14.4. The summed E-state index contributed by atoms with van der Waals surface area (Å²) in [5.41, 5.74) is 2.12. The van der Waals surface area contributed by atoms with Crippen LogP contribution in [0.15, 0.2) is 24.3 Å². The van der Waals surface area contributed by atoms with Crippen LogP contribution >= 0.6 is 24.8 Å². The second-order valence-corrected chi connectivity index (χ2v) is 5.38. The Morgan fingerprint density at radius 3 is 2.62 bits per heavy atom.